The zero-order valence-electron chi connectivity index (χ0n) is 9.79. The number of benzene rings is 2. The number of anilines is 2. The van der Waals surface area contributed by atoms with Crippen LogP contribution >= 0.6 is 11.6 Å². The number of rotatable bonds is 5. The predicted molar refractivity (Wildman–Crippen MR) is 74.8 cm³/mol. The van der Waals surface area contributed by atoms with Crippen LogP contribution in [0.25, 0.3) is 0 Å². The van der Waals surface area contributed by atoms with Crippen molar-refractivity contribution in [1.29, 1.82) is 0 Å². The van der Waals surface area contributed by atoms with Gasteiger partial charge in [-0.05, 0) is 36.4 Å². The maximum absolute atomic E-state index is 13.3. The molecule has 2 rings (SSSR count). The normalized spacial score (nSPS) is 10.1. The molecule has 0 fully saturated rings. The van der Waals surface area contributed by atoms with Crippen LogP contribution in [0, 0.1) is 5.82 Å². The maximum atomic E-state index is 13.3. The molecule has 2 N–H and O–H groups in total. The Morgan fingerprint density at radius 2 is 1.56 bits per heavy atom. The minimum absolute atomic E-state index is 0.232. The van der Waals surface area contributed by atoms with Crippen molar-refractivity contribution in [3.05, 3.63) is 59.4 Å². The second-order valence-electron chi connectivity index (χ2n) is 3.84. The molecule has 4 heteroatoms. The lowest BCUT2D eigenvalue weighted by molar-refractivity contribution is 0.630. The number of hydrogen-bond acceptors (Lipinski definition) is 2. The van der Waals surface area contributed by atoms with Crippen molar-refractivity contribution in [3.8, 4) is 0 Å². The van der Waals surface area contributed by atoms with Crippen molar-refractivity contribution >= 4 is 23.0 Å². The third-order valence-electron chi connectivity index (χ3n) is 2.49. The molecule has 0 amide bonds. The van der Waals surface area contributed by atoms with Crippen LogP contribution < -0.4 is 10.6 Å². The van der Waals surface area contributed by atoms with Gasteiger partial charge in [-0.1, -0.05) is 23.7 Å². The van der Waals surface area contributed by atoms with Crippen molar-refractivity contribution in [2.24, 2.45) is 0 Å². The average Bonchev–Trinajstić information content (AvgIpc) is 2.39. The lowest BCUT2D eigenvalue weighted by Crippen LogP contribution is -2.14. The van der Waals surface area contributed by atoms with Crippen molar-refractivity contribution in [2.45, 2.75) is 0 Å². The van der Waals surface area contributed by atoms with Gasteiger partial charge in [0.1, 0.15) is 5.82 Å². The third-order valence-corrected chi connectivity index (χ3v) is 2.74. The van der Waals surface area contributed by atoms with E-state index in [2.05, 4.69) is 10.6 Å². The topological polar surface area (TPSA) is 24.1 Å². The monoisotopic (exact) mass is 264 g/mol. The molecule has 0 radical (unpaired) electrons. The molecule has 0 saturated heterocycles. The summed E-state index contributed by atoms with van der Waals surface area (Å²) in [6.45, 7) is 1.35. The van der Waals surface area contributed by atoms with Crippen LogP contribution in [0.5, 0.6) is 0 Å². The Hall–Kier alpha value is -1.74. The molecule has 0 heterocycles. The fourth-order valence-corrected chi connectivity index (χ4v) is 1.70. The predicted octanol–water partition coefficient (Wildman–Crippen LogP) is 4.00. The first-order valence-corrected chi connectivity index (χ1v) is 6.11. The molecule has 0 unspecified atom stereocenters. The van der Waals surface area contributed by atoms with Crippen molar-refractivity contribution in [2.75, 3.05) is 23.7 Å². The highest BCUT2D eigenvalue weighted by Crippen LogP contribution is 2.14. The van der Waals surface area contributed by atoms with Gasteiger partial charge in [0.25, 0.3) is 0 Å². The second kappa shape index (κ2) is 6.26. The number of para-hydroxylation sites is 1. The highest BCUT2D eigenvalue weighted by atomic mass is 35.5. The van der Waals surface area contributed by atoms with Gasteiger partial charge in [0.15, 0.2) is 0 Å². The Kier molecular flexibility index (Phi) is 4.42. The van der Waals surface area contributed by atoms with Crippen LogP contribution in [0.1, 0.15) is 0 Å². The summed E-state index contributed by atoms with van der Waals surface area (Å²) in [5.74, 6) is -0.232. The van der Waals surface area contributed by atoms with Crippen LogP contribution in [0.4, 0.5) is 15.8 Å². The summed E-state index contributed by atoms with van der Waals surface area (Å²) in [7, 11) is 0. The van der Waals surface area contributed by atoms with E-state index in [0.29, 0.717) is 23.8 Å². The number of hydrogen-bond donors (Lipinski definition) is 2. The Morgan fingerprint density at radius 1 is 0.889 bits per heavy atom. The smallest absolute Gasteiger partial charge is 0.146 e. The second-order valence-corrected chi connectivity index (χ2v) is 4.28. The van der Waals surface area contributed by atoms with Crippen LogP contribution in [-0.4, -0.2) is 13.1 Å². The average molecular weight is 265 g/mol. The molecule has 0 saturated carbocycles. The first-order chi connectivity index (χ1) is 8.75. The van der Waals surface area contributed by atoms with Gasteiger partial charge in [-0.15, -0.1) is 0 Å². The first kappa shape index (κ1) is 12.7. The fraction of sp³-hybridized carbons (Fsp3) is 0.143. The minimum Gasteiger partial charge on any atom is -0.383 e. The summed E-state index contributed by atoms with van der Waals surface area (Å²) in [5, 5.41) is 6.96. The van der Waals surface area contributed by atoms with Crippen molar-refractivity contribution in [1.82, 2.24) is 0 Å². The van der Waals surface area contributed by atoms with Gasteiger partial charge in [0, 0.05) is 23.8 Å². The van der Waals surface area contributed by atoms with E-state index in [1.165, 1.54) is 6.07 Å². The third kappa shape index (κ3) is 3.64. The van der Waals surface area contributed by atoms with E-state index in [4.69, 9.17) is 11.6 Å². The van der Waals surface area contributed by atoms with Gasteiger partial charge in [0.05, 0.1) is 5.69 Å². The molecule has 0 aromatic heterocycles. The quantitative estimate of drug-likeness (QED) is 0.798. The molecule has 94 valence electrons. The number of halogens is 2. The summed E-state index contributed by atoms with van der Waals surface area (Å²) < 4.78 is 13.3. The summed E-state index contributed by atoms with van der Waals surface area (Å²) in [6.07, 6.45) is 0. The molecule has 0 aliphatic heterocycles. The van der Waals surface area contributed by atoms with Crippen LogP contribution in [-0.2, 0) is 0 Å². The van der Waals surface area contributed by atoms with Gasteiger partial charge in [-0.2, -0.15) is 0 Å². The van der Waals surface area contributed by atoms with E-state index in [1.54, 1.807) is 18.2 Å². The lowest BCUT2D eigenvalue weighted by Gasteiger charge is -2.09. The first-order valence-electron chi connectivity index (χ1n) is 5.73. The van der Waals surface area contributed by atoms with Crippen LogP contribution in [0.2, 0.25) is 5.02 Å². The molecule has 2 aromatic carbocycles. The molecule has 0 spiro atoms. The Balaban J connectivity index is 1.76. The summed E-state index contributed by atoms with van der Waals surface area (Å²) in [6, 6.07) is 14.1. The van der Waals surface area contributed by atoms with Crippen molar-refractivity contribution < 1.29 is 4.39 Å². The van der Waals surface area contributed by atoms with E-state index >= 15 is 0 Å². The Labute approximate surface area is 111 Å². The van der Waals surface area contributed by atoms with E-state index in [0.717, 1.165) is 5.69 Å². The molecular weight excluding hydrogens is 251 g/mol. The van der Waals surface area contributed by atoms with E-state index < -0.39 is 0 Å². The lowest BCUT2D eigenvalue weighted by atomic mass is 10.3. The largest absolute Gasteiger partial charge is 0.383 e. The van der Waals surface area contributed by atoms with Gasteiger partial charge in [-0.25, -0.2) is 4.39 Å². The Bertz CT molecular complexity index is 499. The molecule has 2 aromatic rings. The maximum Gasteiger partial charge on any atom is 0.146 e. The van der Waals surface area contributed by atoms with Gasteiger partial charge in [-0.3, -0.25) is 0 Å². The molecule has 0 atom stereocenters. The van der Waals surface area contributed by atoms with E-state index in [9.17, 15) is 4.39 Å². The Morgan fingerprint density at radius 3 is 2.28 bits per heavy atom. The molecule has 18 heavy (non-hydrogen) atoms. The SMILES string of the molecule is Fc1ccccc1NCCNc1ccc(Cl)cc1. The molecule has 0 aliphatic carbocycles. The molecule has 0 aliphatic rings. The molecule has 0 bridgehead atoms. The molecule has 2 nitrogen and oxygen atoms in total. The fourth-order valence-electron chi connectivity index (χ4n) is 1.58. The van der Waals surface area contributed by atoms with Crippen molar-refractivity contribution in [3.63, 3.8) is 0 Å². The van der Waals surface area contributed by atoms with E-state index in [-0.39, 0.29) is 5.82 Å². The summed E-state index contributed by atoms with van der Waals surface area (Å²) >= 11 is 5.79. The highest BCUT2D eigenvalue weighted by Gasteiger charge is 1.98. The van der Waals surface area contributed by atoms with Crippen LogP contribution in [0.3, 0.4) is 0 Å². The summed E-state index contributed by atoms with van der Waals surface area (Å²) in [5.41, 5.74) is 1.52. The highest BCUT2D eigenvalue weighted by molar-refractivity contribution is 6.30. The zero-order valence-corrected chi connectivity index (χ0v) is 10.5. The van der Waals surface area contributed by atoms with E-state index in [1.807, 2.05) is 24.3 Å². The zero-order chi connectivity index (χ0) is 12.8. The minimum atomic E-state index is -0.232. The molecular formula is C14H14ClFN2. The van der Waals surface area contributed by atoms with Gasteiger partial charge >= 0.3 is 0 Å². The van der Waals surface area contributed by atoms with Crippen LogP contribution in [0.15, 0.2) is 48.5 Å². The number of nitrogens with one attached hydrogen (secondary N) is 2. The van der Waals surface area contributed by atoms with Gasteiger partial charge in [0.2, 0.25) is 0 Å². The van der Waals surface area contributed by atoms with Gasteiger partial charge < -0.3 is 10.6 Å². The summed E-state index contributed by atoms with van der Waals surface area (Å²) in [4.78, 5) is 0. The standard InChI is InChI=1S/C14H14ClFN2/c15-11-5-7-12(8-6-11)17-9-10-18-14-4-2-1-3-13(14)16/h1-8,17-18H,9-10H2.